The number of anilines is 1. The van der Waals surface area contributed by atoms with Gasteiger partial charge in [0.1, 0.15) is 5.75 Å². The number of hydrogen-bond donors (Lipinski definition) is 3. The SMILES string of the molecule is COc1cccc(C(Nc2cccc3ccccc23)C(O)(CO)C(F)(F)F)c1. The molecule has 0 amide bonds. The van der Waals surface area contributed by atoms with Gasteiger partial charge in [0, 0.05) is 11.1 Å². The third-order valence-electron chi connectivity index (χ3n) is 4.73. The molecule has 0 spiro atoms. The Kier molecular flexibility index (Phi) is 5.49. The maximum Gasteiger partial charge on any atom is 0.421 e. The van der Waals surface area contributed by atoms with E-state index < -0.39 is 24.4 Å². The van der Waals surface area contributed by atoms with Crippen LogP contribution >= 0.6 is 0 Å². The number of ether oxygens (including phenoxy) is 1. The van der Waals surface area contributed by atoms with E-state index in [2.05, 4.69) is 5.32 Å². The van der Waals surface area contributed by atoms with E-state index in [1.807, 2.05) is 18.2 Å². The molecule has 0 aliphatic rings. The van der Waals surface area contributed by atoms with Gasteiger partial charge in [-0.15, -0.1) is 0 Å². The van der Waals surface area contributed by atoms with E-state index in [1.54, 1.807) is 30.3 Å². The number of methoxy groups -OCH3 is 1. The van der Waals surface area contributed by atoms with Crippen LogP contribution in [0.1, 0.15) is 11.6 Å². The summed E-state index contributed by atoms with van der Waals surface area (Å²) in [4.78, 5) is 0. The second kappa shape index (κ2) is 7.69. The van der Waals surface area contributed by atoms with Crippen molar-refractivity contribution in [1.29, 1.82) is 0 Å². The Hall–Kier alpha value is -2.77. The van der Waals surface area contributed by atoms with Gasteiger partial charge in [-0.25, -0.2) is 0 Å². The lowest BCUT2D eigenvalue weighted by molar-refractivity contribution is -0.277. The summed E-state index contributed by atoms with van der Waals surface area (Å²) in [5.74, 6) is 0.338. The largest absolute Gasteiger partial charge is 0.497 e. The van der Waals surface area contributed by atoms with Gasteiger partial charge in [-0.2, -0.15) is 13.2 Å². The minimum absolute atomic E-state index is 0.126. The first-order valence-corrected chi connectivity index (χ1v) is 8.58. The molecule has 3 aromatic carbocycles. The molecule has 4 nitrogen and oxygen atoms in total. The van der Waals surface area contributed by atoms with Crippen LogP contribution in [0.3, 0.4) is 0 Å². The summed E-state index contributed by atoms with van der Waals surface area (Å²) in [6.45, 7) is -1.50. The smallest absolute Gasteiger partial charge is 0.421 e. The summed E-state index contributed by atoms with van der Waals surface area (Å²) in [6, 6.07) is 16.7. The van der Waals surface area contributed by atoms with Crippen LogP contribution in [0.25, 0.3) is 10.8 Å². The number of hydrogen-bond acceptors (Lipinski definition) is 4. The molecule has 0 radical (unpaired) electrons. The molecule has 3 rings (SSSR count). The molecule has 0 saturated carbocycles. The van der Waals surface area contributed by atoms with Crippen molar-refractivity contribution in [2.75, 3.05) is 19.0 Å². The summed E-state index contributed by atoms with van der Waals surface area (Å²) in [6.07, 6.45) is -5.08. The summed E-state index contributed by atoms with van der Waals surface area (Å²) < 4.78 is 46.4. The zero-order valence-electron chi connectivity index (χ0n) is 15.1. The lowest BCUT2D eigenvalue weighted by atomic mass is 9.87. The Morgan fingerprint density at radius 2 is 1.68 bits per heavy atom. The fraction of sp³-hybridized carbons (Fsp3) is 0.238. The number of rotatable bonds is 6. The number of aliphatic hydroxyl groups is 2. The van der Waals surface area contributed by atoms with Gasteiger partial charge >= 0.3 is 6.18 Å². The molecule has 0 aliphatic heterocycles. The lowest BCUT2D eigenvalue weighted by Crippen LogP contribution is -2.55. The predicted molar refractivity (Wildman–Crippen MR) is 101 cm³/mol. The van der Waals surface area contributed by atoms with Crippen LogP contribution in [0.4, 0.5) is 18.9 Å². The highest BCUT2D eigenvalue weighted by atomic mass is 19.4. The van der Waals surface area contributed by atoms with Gasteiger partial charge in [0.2, 0.25) is 5.60 Å². The van der Waals surface area contributed by atoms with E-state index >= 15 is 0 Å². The second-order valence-electron chi connectivity index (χ2n) is 6.46. The fourth-order valence-electron chi connectivity index (χ4n) is 3.15. The fourth-order valence-corrected chi connectivity index (χ4v) is 3.15. The maximum absolute atomic E-state index is 13.8. The van der Waals surface area contributed by atoms with Crippen molar-refractivity contribution in [1.82, 2.24) is 0 Å². The van der Waals surface area contributed by atoms with Crippen LogP contribution in [-0.4, -0.2) is 35.7 Å². The Morgan fingerprint density at radius 3 is 2.36 bits per heavy atom. The highest BCUT2D eigenvalue weighted by molar-refractivity contribution is 5.94. The van der Waals surface area contributed by atoms with Gasteiger partial charge in [0.05, 0.1) is 19.8 Å². The Labute approximate surface area is 160 Å². The van der Waals surface area contributed by atoms with Crippen LogP contribution in [-0.2, 0) is 0 Å². The number of nitrogens with one attached hydrogen (secondary N) is 1. The minimum Gasteiger partial charge on any atom is -0.497 e. The first-order chi connectivity index (χ1) is 13.3. The molecule has 2 atom stereocenters. The molecular weight excluding hydrogens is 371 g/mol. The van der Waals surface area contributed by atoms with E-state index in [1.165, 1.54) is 25.3 Å². The number of alkyl halides is 3. The van der Waals surface area contributed by atoms with Crippen molar-refractivity contribution in [2.45, 2.75) is 17.8 Å². The Morgan fingerprint density at radius 1 is 1.00 bits per heavy atom. The first-order valence-electron chi connectivity index (χ1n) is 8.58. The normalized spacial score (nSPS) is 15.1. The molecule has 2 unspecified atom stereocenters. The molecule has 3 aromatic rings. The van der Waals surface area contributed by atoms with E-state index in [9.17, 15) is 23.4 Å². The molecule has 0 saturated heterocycles. The van der Waals surface area contributed by atoms with E-state index in [-0.39, 0.29) is 5.56 Å². The van der Waals surface area contributed by atoms with Crippen molar-refractivity contribution in [3.8, 4) is 5.75 Å². The van der Waals surface area contributed by atoms with Gasteiger partial charge in [-0.05, 0) is 29.1 Å². The van der Waals surface area contributed by atoms with Crippen LogP contribution in [0, 0.1) is 0 Å². The Balaban J connectivity index is 2.15. The number of aliphatic hydroxyl groups excluding tert-OH is 1. The maximum atomic E-state index is 13.8. The van der Waals surface area contributed by atoms with E-state index in [0.717, 1.165) is 5.39 Å². The minimum atomic E-state index is -5.08. The number of benzene rings is 3. The van der Waals surface area contributed by atoms with Gasteiger partial charge in [-0.1, -0.05) is 48.5 Å². The molecule has 0 heterocycles. The van der Waals surface area contributed by atoms with Crippen LogP contribution in [0.15, 0.2) is 66.7 Å². The topological polar surface area (TPSA) is 61.7 Å². The molecule has 0 fully saturated rings. The molecule has 7 heteroatoms. The first kappa shape index (κ1) is 20.0. The molecule has 0 aliphatic carbocycles. The molecule has 28 heavy (non-hydrogen) atoms. The van der Waals surface area contributed by atoms with E-state index in [0.29, 0.717) is 16.8 Å². The third-order valence-corrected chi connectivity index (χ3v) is 4.73. The van der Waals surface area contributed by atoms with Crippen molar-refractivity contribution in [3.05, 3.63) is 72.3 Å². The standard InChI is InChI=1S/C21H20F3NO3/c1-28-16-9-4-8-15(12-16)19(20(27,13-26)21(22,23)24)25-18-11-5-7-14-6-2-3-10-17(14)18/h2-12,19,25-27H,13H2,1H3. The monoisotopic (exact) mass is 391 g/mol. The van der Waals surface area contributed by atoms with Crippen molar-refractivity contribution in [3.63, 3.8) is 0 Å². The summed E-state index contributed by atoms with van der Waals surface area (Å²) in [7, 11) is 1.40. The zero-order chi connectivity index (χ0) is 20.4. The van der Waals surface area contributed by atoms with Crippen LogP contribution in [0.2, 0.25) is 0 Å². The number of fused-ring (bicyclic) bond motifs is 1. The lowest BCUT2D eigenvalue weighted by Gasteiger charge is -2.37. The summed E-state index contributed by atoms with van der Waals surface area (Å²) in [5.41, 5.74) is -2.88. The molecular formula is C21H20F3NO3. The average Bonchev–Trinajstić information content (AvgIpc) is 2.70. The molecule has 0 bridgehead atoms. The van der Waals surface area contributed by atoms with E-state index in [4.69, 9.17) is 4.74 Å². The Bertz CT molecular complexity index is 956. The molecule has 3 N–H and O–H groups in total. The highest BCUT2D eigenvalue weighted by Crippen LogP contribution is 2.43. The third kappa shape index (κ3) is 3.63. The summed E-state index contributed by atoms with van der Waals surface area (Å²) in [5, 5.41) is 24.3. The van der Waals surface area contributed by atoms with Crippen molar-refractivity contribution >= 4 is 16.5 Å². The van der Waals surface area contributed by atoms with Crippen LogP contribution < -0.4 is 10.1 Å². The molecule has 148 valence electrons. The van der Waals surface area contributed by atoms with Gasteiger partial charge in [0.25, 0.3) is 0 Å². The predicted octanol–water partition coefficient (Wildman–Crippen LogP) is 4.29. The van der Waals surface area contributed by atoms with Crippen molar-refractivity contribution < 1.29 is 28.1 Å². The number of halogens is 3. The summed E-state index contributed by atoms with van der Waals surface area (Å²) >= 11 is 0. The van der Waals surface area contributed by atoms with Gasteiger partial charge in [-0.3, -0.25) is 0 Å². The second-order valence-corrected chi connectivity index (χ2v) is 6.46. The van der Waals surface area contributed by atoms with Gasteiger partial charge < -0.3 is 20.3 Å². The van der Waals surface area contributed by atoms with Crippen LogP contribution in [0.5, 0.6) is 5.75 Å². The highest BCUT2D eigenvalue weighted by Gasteiger charge is 2.59. The average molecular weight is 391 g/mol. The van der Waals surface area contributed by atoms with Gasteiger partial charge in [0.15, 0.2) is 0 Å². The molecule has 0 aromatic heterocycles. The van der Waals surface area contributed by atoms with Crippen molar-refractivity contribution in [2.24, 2.45) is 0 Å². The quantitative estimate of drug-likeness (QED) is 0.587. The zero-order valence-corrected chi connectivity index (χ0v) is 15.1.